The lowest BCUT2D eigenvalue weighted by molar-refractivity contribution is -0.120. The molecule has 0 saturated carbocycles. The van der Waals surface area contributed by atoms with Crippen LogP contribution in [-0.2, 0) is 27.8 Å². The van der Waals surface area contributed by atoms with E-state index in [0.717, 1.165) is 22.3 Å². The number of rotatable bonds is 6. The molecule has 0 aliphatic carbocycles. The maximum atomic E-state index is 13.9. The standard InChI is InChI=1S/C26H28N2O5S/c1-17-9-11-22(18(2)13-17)27-26(29)23-14-19-7-5-6-8-20(19)16-28(23)34(30,31)25-15-21(32-3)10-12-24(25)33-4/h5-13,15,23H,14,16H2,1-4H3,(H,27,29)/t23-/m1/s1. The van der Waals surface area contributed by atoms with Gasteiger partial charge in [-0.2, -0.15) is 4.31 Å². The van der Waals surface area contributed by atoms with Gasteiger partial charge in [-0.15, -0.1) is 0 Å². The first-order valence-corrected chi connectivity index (χ1v) is 12.4. The normalized spacial score (nSPS) is 15.9. The van der Waals surface area contributed by atoms with E-state index in [0.29, 0.717) is 11.4 Å². The van der Waals surface area contributed by atoms with Crippen molar-refractivity contribution in [2.24, 2.45) is 0 Å². The van der Waals surface area contributed by atoms with Gasteiger partial charge < -0.3 is 14.8 Å². The molecular formula is C26H28N2O5S. The van der Waals surface area contributed by atoms with E-state index in [-0.39, 0.29) is 29.5 Å². The second kappa shape index (κ2) is 9.48. The summed E-state index contributed by atoms with van der Waals surface area (Å²) in [4.78, 5) is 13.5. The number of fused-ring (bicyclic) bond motifs is 1. The van der Waals surface area contributed by atoms with E-state index in [2.05, 4.69) is 5.32 Å². The molecular weight excluding hydrogens is 452 g/mol. The lowest BCUT2D eigenvalue weighted by Crippen LogP contribution is -2.50. The van der Waals surface area contributed by atoms with Gasteiger partial charge in [0.2, 0.25) is 15.9 Å². The zero-order valence-electron chi connectivity index (χ0n) is 19.7. The second-order valence-electron chi connectivity index (χ2n) is 8.36. The Bertz CT molecular complexity index is 1340. The monoisotopic (exact) mass is 480 g/mol. The van der Waals surface area contributed by atoms with Gasteiger partial charge in [0.25, 0.3) is 0 Å². The number of hydrogen-bond donors (Lipinski definition) is 1. The third-order valence-corrected chi connectivity index (χ3v) is 7.98. The number of benzene rings is 3. The lowest BCUT2D eigenvalue weighted by Gasteiger charge is -2.35. The molecule has 0 fully saturated rings. The first kappa shape index (κ1) is 23.8. The topological polar surface area (TPSA) is 84.9 Å². The smallest absolute Gasteiger partial charge is 0.247 e. The molecule has 1 amide bonds. The van der Waals surface area contributed by atoms with Crippen LogP contribution in [0.1, 0.15) is 22.3 Å². The van der Waals surface area contributed by atoms with Gasteiger partial charge in [-0.05, 0) is 55.2 Å². The van der Waals surface area contributed by atoms with Gasteiger partial charge in [0.15, 0.2) is 0 Å². The van der Waals surface area contributed by atoms with Gasteiger partial charge in [0.05, 0.1) is 14.2 Å². The summed E-state index contributed by atoms with van der Waals surface area (Å²) < 4.78 is 39.7. The highest BCUT2D eigenvalue weighted by atomic mass is 32.2. The number of hydrogen-bond acceptors (Lipinski definition) is 5. The van der Waals surface area contributed by atoms with Crippen LogP contribution in [-0.4, -0.2) is 38.9 Å². The van der Waals surface area contributed by atoms with Crippen LogP contribution in [0.3, 0.4) is 0 Å². The maximum absolute atomic E-state index is 13.9. The summed E-state index contributed by atoms with van der Waals surface area (Å²) in [5, 5.41) is 2.94. The van der Waals surface area contributed by atoms with Crippen LogP contribution < -0.4 is 14.8 Å². The fourth-order valence-corrected chi connectivity index (χ4v) is 5.99. The second-order valence-corrected chi connectivity index (χ2v) is 10.2. The molecule has 1 aliphatic heterocycles. The average molecular weight is 481 g/mol. The lowest BCUT2D eigenvalue weighted by atomic mass is 9.95. The molecule has 4 rings (SSSR count). The fraction of sp³-hybridized carbons (Fsp3) is 0.269. The van der Waals surface area contributed by atoms with E-state index in [9.17, 15) is 13.2 Å². The van der Waals surface area contributed by atoms with Crippen LogP contribution in [0.25, 0.3) is 0 Å². The molecule has 1 heterocycles. The summed E-state index contributed by atoms with van der Waals surface area (Å²) in [5.41, 5.74) is 4.46. The van der Waals surface area contributed by atoms with Gasteiger partial charge in [-0.1, -0.05) is 42.0 Å². The van der Waals surface area contributed by atoms with Crippen LogP contribution in [0.15, 0.2) is 65.6 Å². The van der Waals surface area contributed by atoms with Crippen LogP contribution in [0.5, 0.6) is 11.5 Å². The number of aryl methyl sites for hydroxylation is 2. The highest BCUT2D eigenvalue weighted by molar-refractivity contribution is 7.89. The predicted molar refractivity (Wildman–Crippen MR) is 131 cm³/mol. The molecule has 7 nitrogen and oxygen atoms in total. The van der Waals surface area contributed by atoms with Crippen molar-refractivity contribution in [1.29, 1.82) is 0 Å². The average Bonchev–Trinajstić information content (AvgIpc) is 2.84. The van der Waals surface area contributed by atoms with Crippen molar-refractivity contribution < 1.29 is 22.7 Å². The Morgan fingerprint density at radius 1 is 0.971 bits per heavy atom. The Balaban J connectivity index is 1.77. The molecule has 1 N–H and O–H groups in total. The molecule has 0 spiro atoms. The van der Waals surface area contributed by atoms with E-state index in [1.807, 2.05) is 56.3 Å². The van der Waals surface area contributed by atoms with E-state index < -0.39 is 16.1 Å². The first-order valence-electron chi connectivity index (χ1n) is 10.9. The minimum Gasteiger partial charge on any atom is -0.497 e. The summed E-state index contributed by atoms with van der Waals surface area (Å²) in [6, 6.07) is 17.0. The fourth-order valence-electron chi connectivity index (χ4n) is 4.26. The number of amides is 1. The van der Waals surface area contributed by atoms with Crippen molar-refractivity contribution in [2.45, 2.75) is 37.8 Å². The van der Waals surface area contributed by atoms with Crippen LogP contribution >= 0.6 is 0 Å². The van der Waals surface area contributed by atoms with Crippen molar-refractivity contribution in [2.75, 3.05) is 19.5 Å². The van der Waals surface area contributed by atoms with Gasteiger partial charge in [-0.25, -0.2) is 8.42 Å². The van der Waals surface area contributed by atoms with Gasteiger partial charge >= 0.3 is 0 Å². The van der Waals surface area contributed by atoms with Crippen molar-refractivity contribution in [3.05, 3.63) is 82.9 Å². The van der Waals surface area contributed by atoms with E-state index in [1.165, 1.54) is 24.6 Å². The van der Waals surface area contributed by atoms with Crippen LogP contribution in [0.4, 0.5) is 5.69 Å². The first-order chi connectivity index (χ1) is 16.2. The molecule has 0 radical (unpaired) electrons. The summed E-state index contributed by atoms with van der Waals surface area (Å²) in [6.07, 6.45) is 0.262. The Morgan fingerprint density at radius 3 is 2.38 bits per heavy atom. The SMILES string of the molecule is COc1ccc(OC)c(S(=O)(=O)N2Cc3ccccc3C[C@@H]2C(=O)Nc2ccc(C)cc2C)c1. The number of anilines is 1. The third-order valence-electron chi connectivity index (χ3n) is 6.11. The molecule has 34 heavy (non-hydrogen) atoms. The number of carbonyl (C=O) groups is 1. The zero-order chi connectivity index (χ0) is 24.5. The van der Waals surface area contributed by atoms with Crippen LogP contribution in [0, 0.1) is 13.8 Å². The Labute approximate surface area is 200 Å². The molecule has 0 unspecified atom stereocenters. The number of nitrogens with one attached hydrogen (secondary N) is 1. The maximum Gasteiger partial charge on any atom is 0.247 e. The van der Waals surface area contributed by atoms with E-state index >= 15 is 0 Å². The molecule has 1 aliphatic rings. The van der Waals surface area contributed by atoms with E-state index in [1.54, 1.807) is 12.1 Å². The summed E-state index contributed by atoms with van der Waals surface area (Å²) in [7, 11) is -1.23. The summed E-state index contributed by atoms with van der Waals surface area (Å²) in [5.74, 6) is 0.188. The Kier molecular flexibility index (Phi) is 6.63. The number of ether oxygens (including phenoxy) is 2. The molecule has 178 valence electrons. The van der Waals surface area contributed by atoms with Crippen molar-refractivity contribution >= 4 is 21.6 Å². The predicted octanol–water partition coefficient (Wildman–Crippen LogP) is 4.07. The Morgan fingerprint density at radius 2 is 1.71 bits per heavy atom. The molecule has 8 heteroatoms. The van der Waals surface area contributed by atoms with Crippen molar-refractivity contribution in [1.82, 2.24) is 4.31 Å². The molecule has 0 bridgehead atoms. The molecule has 0 saturated heterocycles. The van der Waals surface area contributed by atoms with Crippen molar-refractivity contribution in [3.63, 3.8) is 0 Å². The van der Waals surface area contributed by atoms with Crippen molar-refractivity contribution in [3.8, 4) is 11.5 Å². The number of carbonyl (C=O) groups excluding carboxylic acids is 1. The van der Waals surface area contributed by atoms with Gasteiger partial charge in [-0.3, -0.25) is 4.79 Å². The molecule has 3 aromatic rings. The number of methoxy groups -OCH3 is 2. The summed E-state index contributed by atoms with van der Waals surface area (Å²) >= 11 is 0. The largest absolute Gasteiger partial charge is 0.497 e. The van der Waals surface area contributed by atoms with Crippen LogP contribution in [0.2, 0.25) is 0 Å². The molecule has 3 aromatic carbocycles. The van der Waals surface area contributed by atoms with Gasteiger partial charge in [0, 0.05) is 18.3 Å². The zero-order valence-corrected chi connectivity index (χ0v) is 20.5. The minimum absolute atomic E-state index is 0.0435. The number of sulfonamides is 1. The highest BCUT2D eigenvalue weighted by Crippen LogP contribution is 2.35. The third kappa shape index (κ3) is 4.51. The molecule has 0 aromatic heterocycles. The molecule has 1 atom stereocenters. The Hall–Kier alpha value is -3.36. The summed E-state index contributed by atoms with van der Waals surface area (Å²) in [6.45, 7) is 3.96. The minimum atomic E-state index is -4.12. The van der Waals surface area contributed by atoms with Gasteiger partial charge in [0.1, 0.15) is 22.4 Å². The van der Waals surface area contributed by atoms with E-state index in [4.69, 9.17) is 9.47 Å². The number of nitrogens with zero attached hydrogens (tertiary/aromatic N) is 1. The quantitative estimate of drug-likeness (QED) is 0.575. The highest BCUT2D eigenvalue weighted by Gasteiger charge is 2.41.